The SMILES string of the molecule is COc1ccc(/C=N\NC(=O)CSc2nnc(-c3ccc(Cl)cc3)n2-c2ccc(Cl)cc2)cc1OC. The summed E-state index contributed by atoms with van der Waals surface area (Å²) in [5, 5.41) is 14.5. The maximum atomic E-state index is 12.5. The number of nitrogens with zero attached hydrogens (tertiary/aromatic N) is 4. The van der Waals surface area contributed by atoms with Gasteiger partial charge in [-0.15, -0.1) is 10.2 Å². The first-order valence-corrected chi connectivity index (χ1v) is 12.4. The monoisotopic (exact) mass is 541 g/mol. The van der Waals surface area contributed by atoms with Gasteiger partial charge in [-0.25, -0.2) is 5.43 Å². The van der Waals surface area contributed by atoms with Gasteiger partial charge < -0.3 is 9.47 Å². The Morgan fingerprint density at radius 2 is 1.64 bits per heavy atom. The average molecular weight is 542 g/mol. The van der Waals surface area contributed by atoms with Crippen LogP contribution < -0.4 is 14.9 Å². The molecule has 4 rings (SSSR count). The molecule has 4 aromatic rings. The number of halogens is 2. The van der Waals surface area contributed by atoms with Gasteiger partial charge in [-0.3, -0.25) is 9.36 Å². The minimum atomic E-state index is -0.296. The summed E-state index contributed by atoms with van der Waals surface area (Å²) in [4.78, 5) is 12.5. The summed E-state index contributed by atoms with van der Waals surface area (Å²) in [6, 6.07) is 19.9. The van der Waals surface area contributed by atoms with Crippen LogP contribution in [0.15, 0.2) is 77.0 Å². The summed E-state index contributed by atoms with van der Waals surface area (Å²) in [6.45, 7) is 0. The molecule has 8 nitrogen and oxygen atoms in total. The topological polar surface area (TPSA) is 90.6 Å². The van der Waals surface area contributed by atoms with Crippen LogP contribution in [0.25, 0.3) is 17.1 Å². The van der Waals surface area contributed by atoms with Crippen LogP contribution in [0, 0.1) is 0 Å². The lowest BCUT2D eigenvalue weighted by Gasteiger charge is -2.10. The van der Waals surface area contributed by atoms with Gasteiger partial charge in [0, 0.05) is 21.3 Å². The third-order valence-electron chi connectivity index (χ3n) is 4.96. The first-order valence-electron chi connectivity index (χ1n) is 10.6. The summed E-state index contributed by atoms with van der Waals surface area (Å²) in [5.41, 5.74) is 4.91. The predicted octanol–water partition coefficient (Wildman–Crippen LogP) is 5.50. The Kier molecular flexibility index (Phi) is 8.48. The van der Waals surface area contributed by atoms with Crippen molar-refractivity contribution in [3.05, 3.63) is 82.3 Å². The maximum absolute atomic E-state index is 12.5. The standard InChI is InChI=1S/C25H21Cl2N5O3S/c1-34-21-12-3-16(13-22(21)35-2)14-28-29-23(33)15-36-25-31-30-24(17-4-6-18(26)7-5-17)32(25)20-10-8-19(27)9-11-20/h3-14H,15H2,1-2H3,(H,29,33)/b28-14-. The zero-order valence-electron chi connectivity index (χ0n) is 19.3. The number of carbonyl (C=O) groups is 1. The van der Waals surface area contributed by atoms with Gasteiger partial charge in [0.25, 0.3) is 5.91 Å². The van der Waals surface area contributed by atoms with Crippen LogP contribution in [0.3, 0.4) is 0 Å². The van der Waals surface area contributed by atoms with Gasteiger partial charge in [-0.2, -0.15) is 5.10 Å². The second-order valence-corrected chi connectivity index (χ2v) is 9.14. The molecule has 1 N–H and O–H groups in total. The molecule has 1 heterocycles. The molecule has 3 aromatic carbocycles. The van der Waals surface area contributed by atoms with Gasteiger partial charge >= 0.3 is 0 Å². The highest BCUT2D eigenvalue weighted by Gasteiger charge is 2.17. The minimum Gasteiger partial charge on any atom is -0.493 e. The lowest BCUT2D eigenvalue weighted by atomic mass is 10.2. The van der Waals surface area contributed by atoms with Crippen molar-refractivity contribution in [2.24, 2.45) is 5.10 Å². The molecule has 0 fully saturated rings. The van der Waals surface area contributed by atoms with Crippen LogP contribution in [-0.2, 0) is 4.79 Å². The van der Waals surface area contributed by atoms with E-state index in [-0.39, 0.29) is 11.7 Å². The van der Waals surface area contributed by atoms with Gasteiger partial charge in [-0.1, -0.05) is 35.0 Å². The summed E-state index contributed by atoms with van der Waals surface area (Å²) < 4.78 is 12.4. The van der Waals surface area contributed by atoms with Crippen molar-refractivity contribution in [1.82, 2.24) is 20.2 Å². The predicted molar refractivity (Wildman–Crippen MR) is 143 cm³/mol. The van der Waals surface area contributed by atoms with Crippen LogP contribution in [0.2, 0.25) is 10.0 Å². The Morgan fingerprint density at radius 1 is 0.972 bits per heavy atom. The maximum Gasteiger partial charge on any atom is 0.250 e. The number of carbonyl (C=O) groups excluding carboxylic acids is 1. The van der Waals surface area contributed by atoms with Gasteiger partial charge in [0.2, 0.25) is 0 Å². The van der Waals surface area contributed by atoms with Crippen molar-refractivity contribution in [3.63, 3.8) is 0 Å². The molecule has 11 heteroatoms. The quantitative estimate of drug-likeness (QED) is 0.171. The number of nitrogens with one attached hydrogen (secondary N) is 1. The van der Waals surface area contributed by atoms with Crippen molar-refractivity contribution in [3.8, 4) is 28.6 Å². The number of amides is 1. The number of aromatic nitrogens is 3. The van der Waals surface area contributed by atoms with Crippen molar-refractivity contribution < 1.29 is 14.3 Å². The summed E-state index contributed by atoms with van der Waals surface area (Å²) >= 11 is 13.4. The van der Waals surface area contributed by atoms with Crippen LogP contribution in [-0.4, -0.2) is 46.9 Å². The van der Waals surface area contributed by atoms with Crippen LogP contribution in [0.5, 0.6) is 11.5 Å². The molecule has 0 atom stereocenters. The molecular formula is C25H21Cl2N5O3S. The highest BCUT2D eigenvalue weighted by Crippen LogP contribution is 2.29. The van der Waals surface area contributed by atoms with Gasteiger partial charge in [0.05, 0.1) is 26.2 Å². The summed E-state index contributed by atoms with van der Waals surface area (Å²) in [6.07, 6.45) is 1.53. The van der Waals surface area contributed by atoms with E-state index in [0.717, 1.165) is 16.8 Å². The third kappa shape index (κ3) is 6.17. The highest BCUT2D eigenvalue weighted by atomic mass is 35.5. The Morgan fingerprint density at radius 3 is 2.31 bits per heavy atom. The molecule has 0 saturated carbocycles. The van der Waals surface area contributed by atoms with E-state index in [1.165, 1.54) is 18.0 Å². The zero-order chi connectivity index (χ0) is 25.5. The van der Waals surface area contributed by atoms with E-state index in [4.69, 9.17) is 32.7 Å². The number of methoxy groups -OCH3 is 2. The van der Waals surface area contributed by atoms with E-state index in [0.29, 0.717) is 32.5 Å². The zero-order valence-corrected chi connectivity index (χ0v) is 21.6. The second kappa shape index (κ2) is 11.9. The third-order valence-corrected chi connectivity index (χ3v) is 6.40. The van der Waals surface area contributed by atoms with Gasteiger partial charge in [0.15, 0.2) is 22.5 Å². The molecular weight excluding hydrogens is 521 g/mol. The first-order chi connectivity index (χ1) is 17.5. The molecule has 0 bridgehead atoms. The first kappa shape index (κ1) is 25.6. The molecule has 1 amide bonds. The Balaban J connectivity index is 1.48. The minimum absolute atomic E-state index is 0.0790. The second-order valence-electron chi connectivity index (χ2n) is 7.32. The number of rotatable bonds is 9. The molecule has 36 heavy (non-hydrogen) atoms. The number of ether oxygens (including phenoxy) is 2. The van der Waals surface area contributed by atoms with E-state index < -0.39 is 0 Å². The number of hydrazone groups is 1. The molecule has 0 aliphatic carbocycles. The fraction of sp³-hybridized carbons (Fsp3) is 0.120. The van der Waals surface area contributed by atoms with E-state index in [1.807, 2.05) is 28.8 Å². The van der Waals surface area contributed by atoms with E-state index in [9.17, 15) is 4.79 Å². The molecule has 0 saturated heterocycles. The van der Waals surface area contributed by atoms with E-state index >= 15 is 0 Å². The van der Waals surface area contributed by atoms with E-state index in [1.54, 1.807) is 56.7 Å². The van der Waals surface area contributed by atoms with Crippen LogP contribution >= 0.6 is 35.0 Å². The molecule has 184 valence electrons. The molecule has 0 unspecified atom stereocenters. The Bertz CT molecular complexity index is 1380. The lowest BCUT2D eigenvalue weighted by Crippen LogP contribution is -2.20. The Hall–Kier alpha value is -3.53. The molecule has 0 spiro atoms. The van der Waals surface area contributed by atoms with Gasteiger partial charge in [-0.05, 0) is 72.3 Å². The molecule has 0 radical (unpaired) electrons. The molecule has 0 aliphatic rings. The van der Waals surface area contributed by atoms with Crippen LogP contribution in [0.1, 0.15) is 5.56 Å². The smallest absolute Gasteiger partial charge is 0.250 e. The number of thioether (sulfide) groups is 1. The molecule has 1 aromatic heterocycles. The summed E-state index contributed by atoms with van der Waals surface area (Å²) in [7, 11) is 3.12. The van der Waals surface area contributed by atoms with Crippen molar-refractivity contribution >= 4 is 47.1 Å². The highest BCUT2D eigenvalue weighted by molar-refractivity contribution is 7.99. The lowest BCUT2D eigenvalue weighted by molar-refractivity contribution is -0.118. The number of hydrogen-bond acceptors (Lipinski definition) is 7. The van der Waals surface area contributed by atoms with Crippen molar-refractivity contribution in [2.75, 3.05) is 20.0 Å². The van der Waals surface area contributed by atoms with Gasteiger partial charge in [0.1, 0.15) is 0 Å². The molecule has 0 aliphatic heterocycles. The number of benzene rings is 3. The normalized spacial score (nSPS) is 11.0. The van der Waals surface area contributed by atoms with Crippen LogP contribution in [0.4, 0.5) is 0 Å². The summed E-state index contributed by atoms with van der Waals surface area (Å²) in [5.74, 6) is 1.58. The number of hydrogen-bond donors (Lipinski definition) is 1. The van der Waals surface area contributed by atoms with Crippen molar-refractivity contribution in [2.45, 2.75) is 5.16 Å². The fourth-order valence-corrected chi connectivity index (χ4v) is 4.24. The fourth-order valence-electron chi connectivity index (χ4n) is 3.25. The average Bonchev–Trinajstić information content (AvgIpc) is 3.32. The largest absolute Gasteiger partial charge is 0.493 e. The van der Waals surface area contributed by atoms with E-state index in [2.05, 4.69) is 20.7 Å². The Labute approximate surface area is 222 Å². The van der Waals surface area contributed by atoms with Crippen molar-refractivity contribution in [1.29, 1.82) is 0 Å².